The highest BCUT2D eigenvalue weighted by Crippen LogP contribution is 2.27. The molecule has 20 heavy (non-hydrogen) atoms. The van der Waals surface area contributed by atoms with Crippen LogP contribution in [0.3, 0.4) is 0 Å². The number of rotatable bonds is 3. The Morgan fingerprint density at radius 3 is 3.20 bits per heavy atom. The number of imidazole rings is 1. The molecule has 0 atom stereocenters. The van der Waals surface area contributed by atoms with Gasteiger partial charge < -0.3 is 10.2 Å². The van der Waals surface area contributed by atoms with Crippen LogP contribution in [0.15, 0.2) is 45.6 Å². The van der Waals surface area contributed by atoms with E-state index >= 15 is 0 Å². The van der Waals surface area contributed by atoms with Crippen LogP contribution in [0.4, 0.5) is 5.69 Å². The number of anilines is 1. The van der Waals surface area contributed by atoms with Crippen molar-refractivity contribution in [3.63, 3.8) is 0 Å². The maximum Gasteiger partial charge on any atom is 0.257 e. The Balaban J connectivity index is 1.56. The van der Waals surface area contributed by atoms with Crippen molar-refractivity contribution in [2.45, 2.75) is 11.0 Å². The highest BCUT2D eigenvalue weighted by Gasteiger charge is 2.09. The first-order chi connectivity index (χ1) is 9.78. The minimum atomic E-state index is 0.641. The third-order valence-corrected chi connectivity index (χ3v) is 4.51. The average Bonchev–Trinajstić information content (AvgIpc) is 3.08. The van der Waals surface area contributed by atoms with Gasteiger partial charge in [-0.2, -0.15) is 0 Å². The molecule has 0 radical (unpaired) electrons. The van der Waals surface area contributed by atoms with Gasteiger partial charge in [0.05, 0.1) is 5.69 Å². The molecule has 0 aliphatic heterocycles. The fraction of sp³-hybridized carbons (Fsp3) is 0.0769. The van der Waals surface area contributed by atoms with Crippen molar-refractivity contribution in [1.29, 1.82) is 0 Å². The first kappa shape index (κ1) is 11.8. The maximum absolute atomic E-state index is 5.73. The Hall–Kier alpha value is -1.99. The number of hydrogen-bond acceptors (Lipinski definition) is 6. The van der Waals surface area contributed by atoms with E-state index in [1.54, 1.807) is 11.3 Å². The molecule has 4 aromatic rings. The van der Waals surface area contributed by atoms with E-state index in [1.165, 1.54) is 11.8 Å². The van der Waals surface area contributed by atoms with Crippen molar-refractivity contribution in [3.05, 3.63) is 41.7 Å². The zero-order valence-corrected chi connectivity index (χ0v) is 11.9. The van der Waals surface area contributed by atoms with E-state index in [2.05, 4.69) is 9.97 Å². The zero-order valence-electron chi connectivity index (χ0n) is 10.3. The van der Waals surface area contributed by atoms with Gasteiger partial charge in [0, 0.05) is 29.2 Å². The Morgan fingerprint density at radius 2 is 2.30 bits per heavy atom. The van der Waals surface area contributed by atoms with Crippen LogP contribution in [0.5, 0.6) is 0 Å². The lowest BCUT2D eigenvalue weighted by Gasteiger charge is -1.91. The summed E-state index contributed by atoms with van der Waals surface area (Å²) < 4.78 is 7.69. The maximum atomic E-state index is 5.73. The second-order valence-corrected chi connectivity index (χ2v) is 6.12. The lowest BCUT2D eigenvalue weighted by atomic mass is 10.3. The molecule has 0 spiro atoms. The summed E-state index contributed by atoms with van der Waals surface area (Å²) in [6.45, 7) is 0. The smallest absolute Gasteiger partial charge is 0.257 e. The molecule has 0 saturated heterocycles. The summed E-state index contributed by atoms with van der Waals surface area (Å²) in [7, 11) is 0. The van der Waals surface area contributed by atoms with Crippen molar-refractivity contribution in [3.8, 4) is 0 Å². The summed E-state index contributed by atoms with van der Waals surface area (Å²) in [4.78, 5) is 9.95. The van der Waals surface area contributed by atoms with Crippen molar-refractivity contribution in [1.82, 2.24) is 14.4 Å². The average molecular weight is 302 g/mol. The Morgan fingerprint density at radius 1 is 1.35 bits per heavy atom. The van der Waals surface area contributed by atoms with Crippen LogP contribution < -0.4 is 5.73 Å². The minimum Gasteiger partial charge on any atom is -0.431 e. The minimum absolute atomic E-state index is 0.641. The third kappa shape index (κ3) is 2.04. The fourth-order valence-corrected chi connectivity index (χ4v) is 3.41. The predicted octanol–water partition coefficient (Wildman–Crippen LogP) is 3.41. The molecule has 2 N–H and O–H groups in total. The number of thioether (sulfide) groups is 1. The van der Waals surface area contributed by atoms with Gasteiger partial charge in [-0.3, -0.25) is 4.40 Å². The normalized spacial score (nSPS) is 11.6. The fourth-order valence-electron chi connectivity index (χ4n) is 1.97. The van der Waals surface area contributed by atoms with Gasteiger partial charge in [-0.15, -0.1) is 11.3 Å². The summed E-state index contributed by atoms with van der Waals surface area (Å²) >= 11 is 3.16. The molecule has 3 heterocycles. The zero-order chi connectivity index (χ0) is 13.5. The van der Waals surface area contributed by atoms with Gasteiger partial charge in [0.1, 0.15) is 5.52 Å². The molecule has 0 unspecified atom stereocenters. The molecule has 0 aliphatic rings. The lowest BCUT2D eigenvalue weighted by molar-refractivity contribution is 0.489. The number of nitrogen functional groups attached to an aromatic ring is 1. The monoisotopic (exact) mass is 302 g/mol. The summed E-state index contributed by atoms with van der Waals surface area (Å²) in [6.07, 6.45) is 4.03. The molecule has 0 saturated carbocycles. The molecular weight excluding hydrogens is 292 g/mol. The van der Waals surface area contributed by atoms with E-state index in [-0.39, 0.29) is 0 Å². The summed E-state index contributed by atoms with van der Waals surface area (Å²) in [5, 5.41) is 2.66. The van der Waals surface area contributed by atoms with Gasteiger partial charge in [-0.05, 0) is 18.2 Å². The first-order valence-corrected chi connectivity index (χ1v) is 7.84. The molecule has 0 fully saturated rings. The van der Waals surface area contributed by atoms with Gasteiger partial charge in [0.2, 0.25) is 0 Å². The van der Waals surface area contributed by atoms with Crippen LogP contribution in [0, 0.1) is 0 Å². The van der Waals surface area contributed by atoms with E-state index in [0.29, 0.717) is 10.9 Å². The Labute approximate surface area is 122 Å². The van der Waals surface area contributed by atoms with E-state index in [0.717, 1.165) is 27.5 Å². The molecule has 1 aromatic carbocycles. The van der Waals surface area contributed by atoms with Crippen molar-refractivity contribution in [2.24, 2.45) is 0 Å². The number of thiazole rings is 1. The summed E-state index contributed by atoms with van der Waals surface area (Å²) in [5.41, 5.74) is 8.99. The second-order valence-electron chi connectivity index (χ2n) is 4.32. The molecule has 0 bridgehead atoms. The third-order valence-electron chi connectivity index (χ3n) is 2.88. The van der Waals surface area contributed by atoms with Gasteiger partial charge >= 0.3 is 0 Å². The SMILES string of the molecule is Nc1ccc2oc(SCc3cn4ccsc4n3)nc2c1. The molecule has 0 aliphatic carbocycles. The van der Waals surface area contributed by atoms with Crippen LogP contribution in [-0.4, -0.2) is 14.4 Å². The molecule has 100 valence electrons. The van der Waals surface area contributed by atoms with Gasteiger partial charge in [-0.25, -0.2) is 9.97 Å². The topological polar surface area (TPSA) is 69.3 Å². The van der Waals surface area contributed by atoms with E-state index in [9.17, 15) is 0 Å². The molecule has 0 amide bonds. The van der Waals surface area contributed by atoms with E-state index in [1.807, 2.05) is 40.4 Å². The van der Waals surface area contributed by atoms with Crippen LogP contribution >= 0.6 is 23.1 Å². The second kappa shape index (κ2) is 4.53. The number of hydrogen-bond donors (Lipinski definition) is 1. The van der Waals surface area contributed by atoms with Gasteiger partial charge in [-0.1, -0.05) is 11.8 Å². The van der Waals surface area contributed by atoms with Gasteiger partial charge in [0.25, 0.3) is 5.22 Å². The van der Waals surface area contributed by atoms with Crippen LogP contribution in [0.25, 0.3) is 16.1 Å². The highest BCUT2D eigenvalue weighted by atomic mass is 32.2. The molecular formula is C13H10N4OS2. The molecule has 7 heteroatoms. The number of fused-ring (bicyclic) bond motifs is 2. The standard InChI is InChI=1S/C13H10N4OS2/c14-8-1-2-11-10(5-8)16-13(18-11)20-7-9-6-17-3-4-19-12(17)15-9/h1-6H,7,14H2. The van der Waals surface area contributed by atoms with Gasteiger partial charge in [0.15, 0.2) is 10.5 Å². The van der Waals surface area contributed by atoms with Crippen LogP contribution in [-0.2, 0) is 5.75 Å². The summed E-state index contributed by atoms with van der Waals surface area (Å²) in [6, 6.07) is 5.47. The Kier molecular flexibility index (Phi) is 2.68. The highest BCUT2D eigenvalue weighted by molar-refractivity contribution is 7.98. The van der Waals surface area contributed by atoms with Crippen LogP contribution in [0.1, 0.15) is 5.69 Å². The largest absolute Gasteiger partial charge is 0.431 e. The number of nitrogens with zero attached hydrogens (tertiary/aromatic N) is 3. The van der Waals surface area contributed by atoms with Crippen molar-refractivity contribution < 1.29 is 4.42 Å². The molecule has 3 aromatic heterocycles. The quantitative estimate of drug-likeness (QED) is 0.464. The van der Waals surface area contributed by atoms with E-state index < -0.39 is 0 Å². The number of oxazole rings is 1. The molecule has 4 rings (SSSR count). The number of benzene rings is 1. The summed E-state index contributed by atoms with van der Waals surface area (Å²) in [5.74, 6) is 0.733. The van der Waals surface area contributed by atoms with Crippen molar-refractivity contribution in [2.75, 3.05) is 5.73 Å². The van der Waals surface area contributed by atoms with Crippen LogP contribution in [0.2, 0.25) is 0 Å². The first-order valence-electron chi connectivity index (χ1n) is 5.98. The van der Waals surface area contributed by atoms with Crippen molar-refractivity contribution >= 4 is 44.8 Å². The number of aromatic nitrogens is 3. The predicted molar refractivity (Wildman–Crippen MR) is 81.1 cm³/mol. The molecule has 5 nitrogen and oxygen atoms in total. The Bertz CT molecular complexity index is 864. The van der Waals surface area contributed by atoms with E-state index in [4.69, 9.17) is 10.2 Å². The lowest BCUT2D eigenvalue weighted by Crippen LogP contribution is -1.82. The number of nitrogens with two attached hydrogens (primary N) is 1.